The van der Waals surface area contributed by atoms with Crippen molar-refractivity contribution < 1.29 is 22.7 Å². The van der Waals surface area contributed by atoms with Crippen LogP contribution in [0.2, 0.25) is 0 Å². The van der Waals surface area contributed by atoms with Gasteiger partial charge >= 0.3 is 5.97 Å². The number of carbonyl (C=O) groups is 2. The highest BCUT2D eigenvalue weighted by Gasteiger charge is 2.30. The highest BCUT2D eigenvalue weighted by Crippen LogP contribution is 2.18. The standard InChI is InChI=1S/C22H22N4O6S/c1-15-6-8-16(9-7-15)33(30,31)26-12-10-25(11-13-26)19(27)14-32-22(29)20-17-4-2-3-5-18(17)21(28)24-23-20/h2-9H,10-14H2,1H3,(H,24,28). The maximum Gasteiger partial charge on any atom is 0.359 e. The molecule has 0 aliphatic carbocycles. The number of hydrogen-bond acceptors (Lipinski definition) is 7. The van der Waals surface area contributed by atoms with Crippen molar-refractivity contribution in [3.63, 3.8) is 0 Å². The second kappa shape index (κ2) is 9.12. The van der Waals surface area contributed by atoms with Crippen LogP contribution in [0.3, 0.4) is 0 Å². The van der Waals surface area contributed by atoms with Crippen molar-refractivity contribution in [3.8, 4) is 0 Å². The molecule has 2 aromatic carbocycles. The van der Waals surface area contributed by atoms with E-state index in [-0.39, 0.29) is 42.2 Å². The van der Waals surface area contributed by atoms with Gasteiger partial charge in [0.1, 0.15) is 0 Å². The second-order valence-corrected chi connectivity index (χ2v) is 9.56. The number of H-pyrrole nitrogens is 1. The van der Waals surface area contributed by atoms with E-state index in [4.69, 9.17) is 4.74 Å². The number of nitrogens with one attached hydrogen (secondary N) is 1. The number of ether oxygens (including phenoxy) is 1. The maximum atomic E-state index is 12.8. The normalized spacial score (nSPS) is 14.9. The molecule has 11 heteroatoms. The fourth-order valence-electron chi connectivity index (χ4n) is 3.59. The molecule has 0 atom stereocenters. The Labute approximate surface area is 189 Å². The molecule has 10 nitrogen and oxygen atoms in total. The van der Waals surface area contributed by atoms with E-state index in [1.165, 1.54) is 9.21 Å². The molecule has 0 unspecified atom stereocenters. The van der Waals surface area contributed by atoms with Crippen LogP contribution in [0, 0.1) is 6.92 Å². The van der Waals surface area contributed by atoms with E-state index < -0.39 is 34.1 Å². The zero-order chi connectivity index (χ0) is 23.6. The number of esters is 1. The van der Waals surface area contributed by atoms with Crippen molar-refractivity contribution in [3.05, 3.63) is 70.1 Å². The van der Waals surface area contributed by atoms with Crippen LogP contribution in [0.1, 0.15) is 16.1 Å². The number of fused-ring (bicyclic) bond motifs is 1. The van der Waals surface area contributed by atoms with Gasteiger partial charge in [-0.25, -0.2) is 18.3 Å². The average Bonchev–Trinajstić information content (AvgIpc) is 2.83. The summed E-state index contributed by atoms with van der Waals surface area (Å²) >= 11 is 0. The summed E-state index contributed by atoms with van der Waals surface area (Å²) in [4.78, 5) is 38.5. The van der Waals surface area contributed by atoms with E-state index in [9.17, 15) is 22.8 Å². The Morgan fingerprint density at radius 1 is 1.00 bits per heavy atom. The third-order valence-electron chi connectivity index (χ3n) is 5.47. The number of carbonyl (C=O) groups excluding carboxylic acids is 2. The van der Waals surface area contributed by atoms with Crippen molar-refractivity contribution in [1.82, 2.24) is 19.4 Å². The number of aromatic nitrogens is 2. The number of sulfonamides is 1. The molecule has 1 amide bonds. The van der Waals surface area contributed by atoms with Gasteiger partial charge in [-0.15, -0.1) is 0 Å². The number of aromatic amines is 1. The van der Waals surface area contributed by atoms with Crippen molar-refractivity contribution >= 4 is 32.7 Å². The lowest BCUT2D eigenvalue weighted by Crippen LogP contribution is -2.51. The van der Waals surface area contributed by atoms with Crippen molar-refractivity contribution in [2.24, 2.45) is 0 Å². The number of nitrogens with zero attached hydrogens (tertiary/aromatic N) is 3. The molecular formula is C22H22N4O6S. The van der Waals surface area contributed by atoms with Crippen LogP contribution < -0.4 is 5.56 Å². The fraction of sp³-hybridized carbons (Fsp3) is 0.273. The van der Waals surface area contributed by atoms with Gasteiger partial charge in [0.15, 0.2) is 12.3 Å². The molecule has 3 aromatic rings. The molecule has 2 heterocycles. The lowest BCUT2D eigenvalue weighted by atomic mass is 10.1. The van der Waals surface area contributed by atoms with Crippen LogP contribution in [-0.4, -0.2) is 72.5 Å². The molecule has 33 heavy (non-hydrogen) atoms. The van der Waals surface area contributed by atoms with E-state index >= 15 is 0 Å². The Bertz CT molecular complexity index is 1360. The minimum atomic E-state index is -3.64. The molecule has 0 radical (unpaired) electrons. The number of aryl methyl sites for hydroxylation is 1. The first kappa shape index (κ1) is 22.6. The molecule has 1 N–H and O–H groups in total. The summed E-state index contributed by atoms with van der Waals surface area (Å²) in [5.41, 5.74) is 0.438. The van der Waals surface area contributed by atoms with Gasteiger partial charge in [-0.2, -0.15) is 9.40 Å². The first-order valence-corrected chi connectivity index (χ1v) is 11.7. The smallest absolute Gasteiger partial charge is 0.359 e. The molecule has 0 saturated carbocycles. The Hall–Kier alpha value is -3.57. The first-order valence-electron chi connectivity index (χ1n) is 10.3. The average molecular weight is 471 g/mol. The molecule has 1 aliphatic rings. The SMILES string of the molecule is Cc1ccc(S(=O)(=O)N2CCN(C(=O)COC(=O)c3n[nH]c(=O)c4ccccc34)CC2)cc1. The predicted octanol–water partition coefficient (Wildman–Crippen LogP) is 0.921. The van der Waals surface area contributed by atoms with Gasteiger partial charge in [-0.05, 0) is 25.1 Å². The number of hydrogen-bond donors (Lipinski definition) is 1. The number of benzene rings is 2. The summed E-state index contributed by atoms with van der Waals surface area (Å²) in [6.07, 6.45) is 0. The van der Waals surface area contributed by atoms with E-state index in [1.807, 2.05) is 6.92 Å². The van der Waals surface area contributed by atoms with Crippen LogP contribution in [-0.2, 0) is 19.6 Å². The van der Waals surface area contributed by atoms with Gasteiger partial charge in [0.05, 0.1) is 10.3 Å². The topological polar surface area (TPSA) is 130 Å². The third-order valence-corrected chi connectivity index (χ3v) is 7.38. The molecule has 1 aromatic heterocycles. The summed E-state index contributed by atoms with van der Waals surface area (Å²) in [5.74, 6) is -1.28. The fourth-order valence-corrected chi connectivity index (χ4v) is 5.02. The molecule has 172 valence electrons. The minimum Gasteiger partial charge on any atom is -0.451 e. The molecule has 4 rings (SSSR count). The van der Waals surface area contributed by atoms with Crippen LogP contribution in [0.5, 0.6) is 0 Å². The van der Waals surface area contributed by atoms with Gasteiger partial charge in [0.2, 0.25) is 10.0 Å². The molecular weight excluding hydrogens is 448 g/mol. The van der Waals surface area contributed by atoms with E-state index in [1.54, 1.807) is 48.5 Å². The number of piperazine rings is 1. The second-order valence-electron chi connectivity index (χ2n) is 7.62. The van der Waals surface area contributed by atoms with Gasteiger partial charge in [0.25, 0.3) is 11.5 Å². The van der Waals surface area contributed by atoms with Crippen molar-refractivity contribution in [2.75, 3.05) is 32.8 Å². The van der Waals surface area contributed by atoms with Gasteiger partial charge in [-0.1, -0.05) is 35.9 Å². The summed E-state index contributed by atoms with van der Waals surface area (Å²) in [6, 6.07) is 13.1. The highest BCUT2D eigenvalue weighted by atomic mass is 32.2. The van der Waals surface area contributed by atoms with Crippen LogP contribution in [0.25, 0.3) is 10.8 Å². The van der Waals surface area contributed by atoms with Crippen LogP contribution >= 0.6 is 0 Å². The van der Waals surface area contributed by atoms with E-state index in [0.717, 1.165) is 5.56 Å². The van der Waals surface area contributed by atoms with Gasteiger partial charge in [-0.3, -0.25) is 9.59 Å². The monoisotopic (exact) mass is 470 g/mol. The number of rotatable bonds is 5. The zero-order valence-electron chi connectivity index (χ0n) is 17.9. The Morgan fingerprint density at radius 3 is 2.30 bits per heavy atom. The molecule has 1 fully saturated rings. The Kier molecular flexibility index (Phi) is 6.25. The molecule has 1 aliphatic heterocycles. The largest absolute Gasteiger partial charge is 0.451 e. The summed E-state index contributed by atoms with van der Waals surface area (Å²) in [6.45, 7) is 2.01. The molecule has 1 saturated heterocycles. The highest BCUT2D eigenvalue weighted by molar-refractivity contribution is 7.89. The predicted molar refractivity (Wildman–Crippen MR) is 119 cm³/mol. The van der Waals surface area contributed by atoms with Crippen LogP contribution in [0.4, 0.5) is 0 Å². The van der Waals surface area contributed by atoms with Gasteiger partial charge in [0, 0.05) is 31.6 Å². The molecule has 0 spiro atoms. The minimum absolute atomic E-state index is 0.0907. The lowest BCUT2D eigenvalue weighted by molar-refractivity contribution is -0.135. The Balaban J connectivity index is 1.35. The quantitative estimate of drug-likeness (QED) is 0.549. The van der Waals surface area contributed by atoms with Crippen molar-refractivity contribution in [2.45, 2.75) is 11.8 Å². The Morgan fingerprint density at radius 2 is 1.64 bits per heavy atom. The lowest BCUT2D eigenvalue weighted by Gasteiger charge is -2.33. The maximum absolute atomic E-state index is 12.8. The van der Waals surface area contributed by atoms with E-state index in [2.05, 4.69) is 10.2 Å². The number of amides is 1. The van der Waals surface area contributed by atoms with Gasteiger partial charge < -0.3 is 9.64 Å². The third kappa shape index (κ3) is 4.64. The van der Waals surface area contributed by atoms with Crippen LogP contribution in [0.15, 0.2) is 58.2 Å². The first-order chi connectivity index (χ1) is 15.8. The summed E-state index contributed by atoms with van der Waals surface area (Å²) in [7, 11) is -3.64. The molecule has 0 bridgehead atoms. The summed E-state index contributed by atoms with van der Waals surface area (Å²) < 4.78 is 32.1. The zero-order valence-corrected chi connectivity index (χ0v) is 18.7. The summed E-state index contributed by atoms with van der Waals surface area (Å²) in [5, 5.41) is 6.62. The van der Waals surface area contributed by atoms with E-state index in [0.29, 0.717) is 5.39 Å². The van der Waals surface area contributed by atoms with Crippen molar-refractivity contribution in [1.29, 1.82) is 0 Å².